The maximum Gasteiger partial charge on any atom is 0.306 e. The van der Waals surface area contributed by atoms with Crippen molar-refractivity contribution in [2.45, 2.75) is 147 Å². The van der Waals surface area contributed by atoms with Crippen LogP contribution in [0.15, 0.2) is 23.6 Å². The highest BCUT2D eigenvalue weighted by atomic mass is 35.5. The molecule has 13 nitrogen and oxygen atoms in total. The molecule has 6 atom stereocenters. The number of carbonyl (C=O) groups is 3. The molecule has 3 aromatic rings. The number of ether oxygens (including phenoxy) is 3. The van der Waals surface area contributed by atoms with Crippen molar-refractivity contribution in [2.75, 3.05) is 38.2 Å². The highest BCUT2D eigenvalue weighted by molar-refractivity contribution is 7.60. The topological polar surface area (TPSA) is 169 Å². The standard InChI is InChI=1S/C45H63ClN5O8PS/c1-5-47-19-20-60(55,56)45-24-30(45)14-10-8-6-7-9-13-29(21-40(53)59-31-15-11-12-16-31)43(54)51-26-32(22-36(51)37(52)25-45)58-39-23-34(35-27-61-44(50-35)48-28(2)3)49-42-33(39)17-18-38(57-4)41(42)46/h17-18,23,27-32,36,47H,5-16,19-22,24-26H2,1-4H3,(H,48,50)(H,55,56)/t29-,30-,32-,36+,45-/m1/s1. The number of amides is 1. The van der Waals surface area contributed by atoms with Gasteiger partial charge in [0, 0.05) is 54.3 Å². The number of Topliss-reactive ketones (excluding diaryl/α,β-unsaturated/α-hetero) is 1. The summed E-state index contributed by atoms with van der Waals surface area (Å²) >= 11 is 8.35. The highest BCUT2D eigenvalue weighted by Crippen LogP contribution is 2.73. The third-order valence-electron chi connectivity index (χ3n) is 13.1. The van der Waals surface area contributed by atoms with Crippen LogP contribution in [-0.4, -0.2) is 99.8 Å². The number of anilines is 1. The number of pyridine rings is 1. The molecule has 16 heteroatoms. The number of benzene rings is 1. The van der Waals surface area contributed by atoms with E-state index >= 15 is 0 Å². The van der Waals surface area contributed by atoms with Gasteiger partial charge in [0.15, 0.2) is 10.9 Å². The lowest BCUT2D eigenvalue weighted by molar-refractivity contribution is -0.154. The Morgan fingerprint density at radius 1 is 1.03 bits per heavy atom. The number of carbonyl (C=O) groups excluding carboxylic acids is 3. The molecular formula is C45H63ClN5O8PS. The monoisotopic (exact) mass is 899 g/mol. The van der Waals surface area contributed by atoms with Gasteiger partial charge in [0.2, 0.25) is 13.3 Å². The van der Waals surface area contributed by atoms with Crippen LogP contribution in [0.4, 0.5) is 5.13 Å². The molecule has 1 aromatic carbocycles. The number of nitrogens with one attached hydrogen (secondary N) is 2. The minimum atomic E-state index is -3.77. The molecule has 4 fully saturated rings. The van der Waals surface area contributed by atoms with Gasteiger partial charge in [-0.1, -0.05) is 50.6 Å². The third kappa shape index (κ3) is 10.6. The molecule has 334 valence electrons. The van der Waals surface area contributed by atoms with E-state index < -0.39 is 30.6 Å². The fraction of sp³-hybridized carbons (Fsp3) is 0.667. The molecule has 7 rings (SSSR count). The lowest BCUT2D eigenvalue weighted by Crippen LogP contribution is -2.45. The molecule has 2 aliphatic carbocycles. The number of hydrogen-bond acceptors (Lipinski definition) is 12. The van der Waals surface area contributed by atoms with Crippen molar-refractivity contribution < 1.29 is 38.1 Å². The zero-order valence-corrected chi connectivity index (χ0v) is 38.6. The van der Waals surface area contributed by atoms with Gasteiger partial charge >= 0.3 is 5.97 Å². The molecule has 0 spiro atoms. The van der Waals surface area contributed by atoms with Crippen molar-refractivity contribution in [3.8, 4) is 22.9 Å². The Bertz CT molecular complexity index is 2100. The summed E-state index contributed by atoms with van der Waals surface area (Å²) in [5.74, 6) is -0.673. The van der Waals surface area contributed by atoms with Crippen molar-refractivity contribution >= 4 is 64.0 Å². The van der Waals surface area contributed by atoms with Crippen molar-refractivity contribution in [2.24, 2.45) is 11.8 Å². The van der Waals surface area contributed by atoms with E-state index in [0.29, 0.717) is 64.7 Å². The molecule has 2 aromatic heterocycles. The Labute approximate surface area is 368 Å². The van der Waals surface area contributed by atoms with Crippen LogP contribution < -0.4 is 20.1 Å². The number of methoxy groups -OCH3 is 1. The Hall–Kier alpha value is -3.29. The molecule has 1 unspecified atom stereocenters. The molecule has 4 heterocycles. The zero-order valence-electron chi connectivity index (χ0n) is 36.1. The van der Waals surface area contributed by atoms with Crippen LogP contribution in [-0.2, 0) is 23.7 Å². The molecule has 0 bridgehead atoms. The SMILES string of the molecule is CCNCCP(=O)(O)[C@]12CC(=O)[C@@H]3C[C@@H](Oc4cc(-c5csc(NC(C)C)n5)nc5c(Cl)c(OC)ccc45)CN3C(=O)[C@@H](CC(=O)OC3CCCC3)CCCCCCC[C@@H]1C2. The van der Waals surface area contributed by atoms with E-state index in [9.17, 15) is 23.8 Å². The number of fused-ring (bicyclic) bond motifs is 3. The van der Waals surface area contributed by atoms with Gasteiger partial charge in [-0.05, 0) is 83.4 Å². The van der Waals surface area contributed by atoms with Crippen molar-refractivity contribution in [1.29, 1.82) is 0 Å². The fourth-order valence-corrected chi connectivity index (χ4v) is 13.4. The van der Waals surface area contributed by atoms with E-state index in [0.717, 1.165) is 69.3 Å². The van der Waals surface area contributed by atoms with E-state index in [-0.39, 0.29) is 67.7 Å². The summed E-state index contributed by atoms with van der Waals surface area (Å²) in [6, 6.07) is 4.68. The van der Waals surface area contributed by atoms with Gasteiger partial charge in [-0.15, -0.1) is 11.3 Å². The summed E-state index contributed by atoms with van der Waals surface area (Å²) < 4.78 is 32.6. The first-order valence-electron chi connectivity index (χ1n) is 22.4. The Morgan fingerprint density at radius 2 is 1.77 bits per heavy atom. The second kappa shape index (κ2) is 20.0. The number of nitrogens with zero attached hydrogens (tertiary/aromatic N) is 3. The number of halogens is 1. The number of ketones is 1. The molecule has 2 saturated carbocycles. The summed E-state index contributed by atoms with van der Waals surface area (Å²) in [6.45, 7) is 7.21. The maximum atomic E-state index is 14.9. The minimum absolute atomic E-state index is 0.0277. The Balaban J connectivity index is 1.23. The molecule has 3 N–H and O–H groups in total. The van der Waals surface area contributed by atoms with Crippen LogP contribution in [0.1, 0.15) is 117 Å². The van der Waals surface area contributed by atoms with Crippen LogP contribution in [0.5, 0.6) is 11.5 Å². The van der Waals surface area contributed by atoms with Crippen molar-refractivity contribution in [3.63, 3.8) is 0 Å². The summed E-state index contributed by atoms with van der Waals surface area (Å²) in [6.07, 6.45) is 9.46. The summed E-state index contributed by atoms with van der Waals surface area (Å²) in [5, 5.41) is 9.11. The van der Waals surface area contributed by atoms with Crippen LogP contribution in [0.3, 0.4) is 0 Å². The molecule has 2 aliphatic heterocycles. The van der Waals surface area contributed by atoms with E-state index in [1.54, 1.807) is 18.1 Å². The van der Waals surface area contributed by atoms with E-state index in [1.165, 1.54) is 11.3 Å². The van der Waals surface area contributed by atoms with Crippen LogP contribution in [0.2, 0.25) is 5.02 Å². The average Bonchev–Trinajstić information content (AvgIpc) is 3.64. The molecule has 61 heavy (non-hydrogen) atoms. The second-order valence-electron chi connectivity index (χ2n) is 17.9. The van der Waals surface area contributed by atoms with E-state index in [1.807, 2.05) is 38.3 Å². The highest BCUT2D eigenvalue weighted by Gasteiger charge is 2.65. The predicted octanol–water partition coefficient (Wildman–Crippen LogP) is 9.02. The Morgan fingerprint density at radius 3 is 2.51 bits per heavy atom. The number of rotatable bonds is 14. The number of thiazole rings is 1. The van der Waals surface area contributed by atoms with Crippen LogP contribution in [0, 0.1) is 11.8 Å². The number of aromatic nitrogens is 2. The smallest absolute Gasteiger partial charge is 0.306 e. The third-order valence-corrected chi connectivity index (χ3v) is 17.2. The molecule has 4 aliphatic rings. The molecule has 2 saturated heterocycles. The van der Waals surface area contributed by atoms with Gasteiger partial charge < -0.3 is 34.6 Å². The molecule has 1 amide bonds. The zero-order chi connectivity index (χ0) is 43.3. The van der Waals surface area contributed by atoms with Crippen molar-refractivity contribution in [1.82, 2.24) is 20.2 Å². The minimum Gasteiger partial charge on any atom is -0.495 e. The summed E-state index contributed by atoms with van der Waals surface area (Å²) in [5.41, 5.74) is 1.62. The first-order chi connectivity index (χ1) is 29.3. The fourth-order valence-electron chi connectivity index (χ4n) is 9.77. The summed E-state index contributed by atoms with van der Waals surface area (Å²) in [7, 11) is -2.23. The molecular weight excluding hydrogens is 837 g/mol. The van der Waals surface area contributed by atoms with Crippen LogP contribution >= 0.6 is 30.3 Å². The van der Waals surface area contributed by atoms with Gasteiger partial charge in [-0.25, -0.2) is 9.97 Å². The van der Waals surface area contributed by atoms with Gasteiger partial charge in [-0.2, -0.15) is 0 Å². The average molecular weight is 901 g/mol. The van der Waals surface area contributed by atoms with Gasteiger partial charge in [-0.3, -0.25) is 18.9 Å². The van der Waals surface area contributed by atoms with Gasteiger partial charge in [0.1, 0.15) is 34.4 Å². The van der Waals surface area contributed by atoms with Crippen LogP contribution in [0.25, 0.3) is 22.3 Å². The largest absolute Gasteiger partial charge is 0.495 e. The lowest BCUT2D eigenvalue weighted by atomic mass is 9.94. The lowest BCUT2D eigenvalue weighted by Gasteiger charge is -2.30. The number of hydrogen-bond donors (Lipinski definition) is 3. The first-order valence-corrected chi connectivity index (χ1v) is 25.5. The Kier molecular flexibility index (Phi) is 15.0. The van der Waals surface area contributed by atoms with Crippen molar-refractivity contribution in [3.05, 3.63) is 28.6 Å². The predicted molar refractivity (Wildman–Crippen MR) is 240 cm³/mol. The number of esters is 1. The maximum absolute atomic E-state index is 14.9. The molecule has 0 radical (unpaired) electrons. The summed E-state index contributed by atoms with van der Waals surface area (Å²) in [4.78, 5) is 66.2. The van der Waals surface area contributed by atoms with E-state index in [4.69, 9.17) is 35.8 Å². The normalized spacial score (nSPS) is 26.3. The van der Waals surface area contributed by atoms with Gasteiger partial charge in [0.25, 0.3) is 0 Å². The second-order valence-corrected chi connectivity index (χ2v) is 21.8. The van der Waals surface area contributed by atoms with E-state index in [2.05, 4.69) is 10.6 Å². The first kappa shape index (κ1) is 45.7. The quantitative estimate of drug-likeness (QED) is 0.0799. The van der Waals surface area contributed by atoms with Gasteiger partial charge in [0.05, 0.1) is 42.5 Å².